The number of benzene rings is 1. The molecule has 2 nitrogen and oxygen atoms in total. The highest BCUT2D eigenvalue weighted by atomic mass is 35.5. The lowest BCUT2D eigenvalue weighted by molar-refractivity contribution is -0.116. The fraction of sp³-hybridized carbons (Fsp3) is 0.364. The Kier molecular flexibility index (Phi) is 4.99. The van der Waals surface area contributed by atoms with Crippen molar-refractivity contribution in [2.45, 2.75) is 11.8 Å². The van der Waals surface area contributed by atoms with Gasteiger partial charge in [0.2, 0.25) is 5.91 Å². The molecule has 0 heterocycles. The second kappa shape index (κ2) is 6.03. The van der Waals surface area contributed by atoms with E-state index in [2.05, 4.69) is 6.92 Å². The zero-order chi connectivity index (χ0) is 11.3. The fourth-order valence-electron chi connectivity index (χ4n) is 1.17. The van der Waals surface area contributed by atoms with Crippen molar-refractivity contribution >= 4 is 35.0 Å². The van der Waals surface area contributed by atoms with Crippen molar-refractivity contribution in [3.8, 4) is 0 Å². The summed E-state index contributed by atoms with van der Waals surface area (Å²) >= 11 is 7.26. The first-order chi connectivity index (χ1) is 7.19. The molecular formula is C11H14ClNOS. The molecule has 15 heavy (non-hydrogen) atoms. The van der Waals surface area contributed by atoms with Gasteiger partial charge >= 0.3 is 0 Å². The Bertz CT molecular complexity index is 326. The summed E-state index contributed by atoms with van der Waals surface area (Å²) in [7, 11) is 1.73. The van der Waals surface area contributed by atoms with Gasteiger partial charge in [-0.15, -0.1) is 23.4 Å². The molecule has 1 rings (SSSR count). The maximum atomic E-state index is 11.3. The summed E-state index contributed by atoms with van der Waals surface area (Å²) in [5.74, 6) is 0.977. The average molecular weight is 244 g/mol. The SMILES string of the molecule is CCSc1ccc(N(C)C(=O)CCl)cc1. The van der Waals surface area contributed by atoms with E-state index >= 15 is 0 Å². The molecule has 0 radical (unpaired) electrons. The number of amides is 1. The predicted octanol–water partition coefficient (Wildman–Crippen LogP) is 3.00. The van der Waals surface area contributed by atoms with E-state index in [1.165, 1.54) is 4.90 Å². The number of halogens is 1. The molecule has 0 aromatic heterocycles. The van der Waals surface area contributed by atoms with Crippen LogP contribution in [0.15, 0.2) is 29.2 Å². The molecule has 0 saturated carbocycles. The van der Waals surface area contributed by atoms with Crippen molar-refractivity contribution in [1.82, 2.24) is 0 Å². The number of hydrogen-bond donors (Lipinski definition) is 0. The highest BCUT2D eigenvalue weighted by Crippen LogP contribution is 2.21. The van der Waals surface area contributed by atoms with Crippen LogP contribution < -0.4 is 4.90 Å². The van der Waals surface area contributed by atoms with Gasteiger partial charge in [-0.05, 0) is 30.0 Å². The van der Waals surface area contributed by atoms with E-state index in [1.807, 2.05) is 24.3 Å². The van der Waals surface area contributed by atoms with Crippen molar-refractivity contribution in [2.24, 2.45) is 0 Å². The molecule has 0 aliphatic carbocycles. The zero-order valence-electron chi connectivity index (χ0n) is 8.87. The molecule has 0 fully saturated rings. The molecule has 0 aliphatic rings. The summed E-state index contributed by atoms with van der Waals surface area (Å²) in [6.07, 6.45) is 0. The fourth-order valence-corrected chi connectivity index (χ4v) is 2.01. The Hall–Kier alpha value is -0.670. The first kappa shape index (κ1) is 12.4. The van der Waals surface area contributed by atoms with Crippen molar-refractivity contribution in [3.05, 3.63) is 24.3 Å². The van der Waals surface area contributed by atoms with Crippen molar-refractivity contribution in [1.29, 1.82) is 0 Å². The molecule has 0 atom stereocenters. The number of hydrogen-bond acceptors (Lipinski definition) is 2. The Labute approximate surface area is 99.6 Å². The van der Waals surface area contributed by atoms with Crippen LogP contribution in [0.1, 0.15) is 6.92 Å². The summed E-state index contributed by atoms with van der Waals surface area (Å²) in [5, 5.41) is 0. The third-order valence-corrected chi connectivity index (χ3v) is 3.15. The number of carbonyl (C=O) groups excluding carboxylic acids is 1. The van der Waals surface area contributed by atoms with Gasteiger partial charge in [0, 0.05) is 17.6 Å². The van der Waals surface area contributed by atoms with Crippen LogP contribution in [0.2, 0.25) is 0 Å². The van der Waals surface area contributed by atoms with Crippen LogP contribution in [0, 0.1) is 0 Å². The lowest BCUT2D eigenvalue weighted by Crippen LogP contribution is -2.26. The highest BCUT2D eigenvalue weighted by molar-refractivity contribution is 7.99. The first-order valence-corrected chi connectivity index (χ1v) is 6.26. The van der Waals surface area contributed by atoms with E-state index < -0.39 is 0 Å². The molecule has 0 N–H and O–H groups in total. The number of nitrogens with zero attached hydrogens (tertiary/aromatic N) is 1. The molecule has 1 amide bonds. The van der Waals surface area contributed by atoms with E-state index in [0.29, 0.717) is 0 Å². The van der Waals surface area contributed by atoms with Gasteiger partial charge in [0.25, 0.3) is 0 Å². The van der Waals surface area contributed by atoms with Crippen LogP contribution in [-0.4, -0.2) is 24.6 Å². The van der Waals surface area contributed by atoms with E-state index in [9.17, 15) is 4.79 Å². The highest BCUT2D eigenvalue weighted by Gasteiger charge is 2.08. The number of anilines is 1. The Morgan fingerprint density at radius 1 is 1.40 bits per heavy atom. The molecule has 1 aromatic rings. The normalized spacial score (nSPS) is 10.1. The van der Waals surface area contributed by atoms with Gasteiger partial charge in [-0.3, -0.25) is 4.79 Å². The molecule has 1 aromatic carbocycles. The minimum Gasteiger partial charge on any atom is -0.314 e. The predicted molar refractivity (Wildman–Crippen MR) is 67.0 cm³/mol. The van der Waals surface area contributed by atoms with Gasteiger partial charge < -0.3 is 4.90 Å². The summed E-state index contributed by atoms with van der Waals surface area (Å²) in [5.41, 5.74) is 0.876. The molecule has 0 saturated heterocycles. The van der Waals surface area contributed by atoms with E-state index in [1.54, 1.807) is 23.7 Å². The maximum absolute atomic E-state index is 11.3. The van der Waals surface area contributed by atoms with Crippen molar-refractivity contribution < 1.29 is 4.79 Å². The number of alkyl halides is 1. The van der Waals surface area contributed by atoms with Crippen molar-refractivity contribution in [2.75, 3.05) is 23.6 Å². The van der Waals surface area contributed by atoms with Gasteiger partial charge in [0.15, 0.2) is 0 Å². The molecule has 0 spiro atoms. The standard InChI is InChI=1S/C11H14ClNOS/c1-3-15-10-6-4-9(5-7-10)13(2)11(14)8-12/h4-7H,3,8H2,1-2H3. The third kappa shape index (κ3) is 3.43. The molecule has 0 unspecified atom stereocenters. The average Bonchev–Trinajstić information content (AvgIpc) is 2.28. The summed E-state index contributed by atoms with van der Waals surface area (Å²) < 4.78 is 0. The van der Waals surface area contributed by atoms with Crippen LogP contribution in [0.4, 0.5) is 5.69 Å². The monoisotopic (exact) mass is 243 g/mol. The van der Waals surface area contributed by atoms with Gasteiger partial charge in [-0.25, -0.2) is 0 Å². The quantitative estimate of drug-likeness (QED) is 0.599. The van der Waals surface area contributed by atoms with E-state index in [0.717, 1.165) is 11.4 Å². The first-order valence-electron chi connectivity index (χ1n) is 4.74. The summed E-state index contributed by atoms with van der Waals surface area (Å²) in [6, 6.07) is 7.90. The van der Waals surface area contributed by atoms with Crippen LogP contribution >= 0.6 is 23.4 Å². The van der Waals surface area contributed by atoms with Gasteiger partial charge in [-0.2, -0.15) is 0 Å². The Morgan fingerprint density at radius 2 is 2.00 bits per heavy atom. The lowest BCUT2D eigenvalue weighted by atomic mass is 10.3. The molecule has 0 bridgehead atoms. The largest absolute Gasteiger partial charge is 0.314 e. The van der Waals surface area contributed by atoms with Gasteiger partial charge in [-0.1, -0.05) is 6.92 Å². The lowest BCUT2D eigenvalue weighted by Gasteiger charge is -2.15. The molecule has 0 aliphatic heterocycles. The second-order valence-electron chi connectivity index (χ2n) is 3.01. The van der Waals surface area contributed by atoms with Gasteiger partial charge in [0.05, 0.1) is 0 Å². The van der Waals surface area contributed by atoms with E-state index in [4.69, 9.17) is 11.6 Å². The number of carbonyl (C=O) groups is 1. The molecule has 4 heteroatoms. The summed E-state index contributed by atoms with van der Waals surface area (Å²) in [4.78, 5) is 14.1. The molecular weight excluding hydrogens is 230 g/mol. The third-order valence-electron chi connectivity index (χ3n) is 2.02. The van der Waals surface area contributed by atoms with Gasteiger partial charge in [0.1, 0.15) is 5.88 Å². The number of rotatable bonds is 4. The second-order valence-corrected chi connectivity index (χ2v) is 4.62. The maximum Gasteiger partial charge on any atom is 0.241 e. The minimum atomic E-state index is -0.0902. The van der Waals surface area contributed by atoms with Crippen molar-refractivity contribution in [3.63, 3.8) is 0 Å². The van der Waals surface area contributed by atoms with Crippen LogP contribution in [0.3, 0.4) is 0 Å². The van der Waals surface area contributed by atoms with E-state index in [-0.39, 0.29) is 11.8 Å². The topological polar surface area (TPSA) is 20.3 Å². The summed E-state index contributed by atoms with van der Waals surface area (Å²) in [6.45, 7) is 2.11. The Balaban J connectivity index is 2.75. The zero-order valence-corrected chi connectivity index (χ0v) is 10.4. The van der Waals surface area contributed by atoms with Crippen LogP contribution in [-0.2, 0) is 4.79 Å². The minimum absolute atomic E-state index is 0.0158. The van der Waals surface area contributed by atoms with Crippen LogP contribution in [0.5, 0.6) is 0 Å². The Morgan fingerprint density at radius 3 is 2.47 bits per heavy atom. The number of thioether (sulfide) groups is 1. The van der Waals surface area contributed by atoms with Crippen LogP contribution in [0.25, 0.3) is 0 Å². The molecule has 82 valence electrons. The smallest absolute Gasteiger partial charge is 0.241 e.